The van der Waals surface area contributed by atoms with Gasteiger partial charge >= 0.3 is 0 Å². The first-order valence-electron chi connectivity index (χ1n) is 6.08. The van der Waals surface area contributed by atoms with E-state index in [-0.39, 0.29) is 17.3 Å². The van der Waals surface area contributed by atoms with Crippen LogP contribution in [0.4, 0.5) is 0 Å². The lowest BCUT2D eigenvalue weighted by Crippen LogP contribution is -2.16. The fourth-order valence-electron chi connectivity index (χ4n) is 1.63. The molecule has 0 aromatic heterocycles. The van der Waals surface area contributed by atoms with Gasteiger partial charge in [0.1, 0.15) is 10.6 Å². The Hall–Kier alpha value is -1.11. The second-order valence-electron chi connectivity index (χ2n) is 4.31. The summed E-state index contributed by atoms with van der Waals surface area (Å²) in [5.41, 5.74) is 7.19. The molecular formula is C13H21NO4S. The number of sulfone groups is 1. The van der Waals surface area contributed by atoms with Crippen molar-refractivity contribution in [3.63, 3.8) is 0 Å². The van der Waals surface area contributed by atoms with Crippen LogP contribution in [-0.2, 0) is 14.6 Å². The van der Waals surface area contributed by atoms with Gasteiger partial charge in [-0.1, -0.05) is 0 Å². The van der Waals surface area contributed by atoms with Gasteiger partial charge in [-0.3, -0.25) is 0 Å². The zero-order chi connectivity index (χ0) is 14.5. The van der Waals surface area contributed by atoms with E-state index < -0.39 is 9.84 Å². The fourth-order valence-corrected chi connectivity index (χ4v) is 2.99. The Balaban J connectivity index is 2.97. The van der Waals surface area contributed by atoms with Crippen molar-refractivity contribution in [2.45, 2.75) is 18.7 Å². The molecule has 108 valence electrons. The highest BCUT2D eigenvalue weighted by molar-refractivity contribution is 7.91. The van der Waals surface area contributed by atoms with E-state index in [0.29, 0.717) is 18.9 Å². The summed E-state index contributed by atoms with van der Waals surface area (Å²) >= 11 is 0. The van der Waals surface area contributed by atoms with Gasteiger partial charge in [0.05, 0.1) is 26.1 Å². The van der Waals surface area contributed by atoms with Gasteiger partial charge < -0.3 is 15.2 Å². The van der Waals surface area contributed by atoms with Crippen LogP contribution in [0.2, 0.25) is 0 Å². The molecule has 0 unspecified atom stereocenters. The van der Waals surface area contributed by atoms with E-state index in [1.807, 2.05) is 13.8 Å². The van der Waals surface area contributed by atoms with Crippen molar-refractivity contribution in [1.82, 2.24) is 0 Å². The minimum absolute atomic E-state index is 0.0775. The number of hydrogen-bond donors (Lipinski definition) is 1. The number of hydrogen-bond acceptors (Lipinski definition) is 5. The van der Waals surface area contributed by atoms with Gasteiger partial charge in [0.25, 0.3) is 0 Å². The predicted molar refractivity (Wildman–Crippen MR) is 74.4 cm³/mol. The summed E-state index contributed by atoms with van der Waals surface area (Å²) in [4.78, 5) is 0.217. The number of benzene rings is 1. The Bertz CT molecular complexity index is 526. The molecule has 19 heavy (non-hydrogen) atoms. The van der Waals surface area contributed by atoms with Crippen LogP contribution in [0.25, 0.3) is 0 Å². The van der Waals surface area contributed by atoms with E-state index in [1.54, 1.807) is 12.1 Å². The Morgan fingerprint density at radius 2 is 1.79 bits per heavy atom. The first-order chi connectivity index (χ1) is 8.92. The van der Waals surface area contributed by atoms with Gasteiger partial charge in [0.15, 0.2) is 9.84 Å². The maximum absolute atomic E-state index is 12.2. The molecule has 0 atom stereocenters. The number of nitrogens with two attached hydrogens (primary N) is 1. The minimum atomic E-state index is -3.41. The van der Waals surface area contributed by atoms with Crippen molar-refractivity contribution in [3.8, 4) is 5.75 Å². The zero-order valence-electron chi connectivity index (χ0n) is 11.6. The van der Waals surface area contributed by atoms with Crippen molar-refractivity contribution in [3.05, 3.63) is 23.3 Å². The first-order valence-corrected chi connectivity index (χ1v) is 7.73. The second kappa shape index (κ2) is 6.88. The Morgan fingerprint density at radius 1 is 1.16 bits per heavy atom. The molecule has 0 aliphatic rings. The quantitative estimate of drug-likeness (QED) is 0.759. The Kier molecular flexibility index (Phi) is 5.78. The third-order valence-electron chi connectivity index (χ3n) is 2.87. The van der Waals surface area contributed by atoms with Gasteiger partial charge in [0, 0.05) is 6.54 Å². The SMILES string of the molecule is COc1cc(C)c(C)cc1S(=O)(=O)CCOCCN. The topological polar surface area (TPSA) is 78.6 Å². The highest BCUT2D eigenvalue weighted by atomic mass is 32.2. The average Bonchev–Trinajstić information content (AvgIpc) is 2.37. The molecule has 0 bridgehead atoms. The summed E-state index contributed by atoms with van der Waals surface area (Å²) in [5, 5.41) is 0. The summed E-state index contributed by atoms with van der Waals surface area (Å²) in [7, 11) is -1.95. The number of methoxy groups -OCH3 is 1. The number of aryl methyl sites for hydroxylation is 2. The first kappa shape index (κ1) is 15.9. The zero-order valence-corrected chi connectivity index (χ0v) is 12.4. The van der Waals surface area contributed by atoms with Crippen LogP contribution in [0.15, 0.2) is 17.0 Å². The number of ether oxygens (including phenoxy) is 2. The van der Waals surface area contributed by atoms with Gasteiger partial charge in [-0.2, -0.15) is 0 Å². The molecule has 0 aliphatic carbocycles. The summed E-state index contributed by atoms with van der Waals surface area (Å²) < 4.78 is 34.8. The molecule has 6 heteroatoms. The van der Waals surface area contributed by atoms with Gasteiger partial charge in [-0.05, 0) is 37.1 Å². The van der Waals surface area contributed by atoms with Crippen molar-refractivity contribution in [2.24, 2.45) is 5.73 Å². The van der Waals surface area contributed by atoms with Crippen LogP contribution in [0, 0.1) is 13.8 Å². The molecule has 1 aromatic rings. The summed E-state index contributed by atoms with van der Waals surface area (Å²) in [6, 6.07) is 3.38. The third-order valence-corrected chi connectivity index (χ3v) is 4.57. The summed E-state index contributed by atoms with van der Waals surface area (Å²) in [6.45, 7) is 4.67. The molecule has 0 radical (unpaired) electrons. The monoisotopic (exact) mass is 287 g/mol. The Labute approximate surface area is 114 Å². The molecule has 0 saturated heterocycles. The molecule has 0 fully saturated rings. The van der Waals surface area contributed by atoms with Crippen LogP contribution >= 0.6 is 0 Å². The molecule has 0 saturated carbocycles. The minimum Gasteiger partial charge on any atom is -0.495 e. The molecule has 2 N–H and O–H groups in total. The fraction of sp³-hybridized carbons (Fsp3) is 0.538. The number of rotatable bonds is 7. The lowest BCUT2D eigenvalue weighted by atomic mass is 10.1. The molecule has 0 aliphatic heterocycles. The molecule has 1 rings (SSSR count). The molecule has 1 aromatic carbocycles. The average molecular weight is 287 g/mol. The molecule has 0 spiro atoms. The van der Waals surface area contributed by atoms with Crippen molar-refractivity contribution in [2.75, 3.05) is 32.6 Å². The van der Waals surface area contributed by atoms with Crippen LogP contribution < -0.4 is 10.5 Å². The maximum atomic E-state index is 12.2. The lowest BCUT2D eigenvalue weighted by molar-refractivity contribution is 0.157. The normalized spacial score (nSPS) is 11.6. The predicted octanol–water partition coefficient (Wildman–Crippen LogP) is 1.06. The molecule has 0 amide bonds. The third kappa shape index (κ3) is 4.19. The van der Waals surface area contributed by atoms with Crippen LogP contribution in [-0.4, -0.2) is 41.0 Å². The van der Waals surface area contributed by atoms with E-state index in [0.717, 1.165) is 11.1 Å². The largest absolute Gasteiger partial charge is 0.495 e. The molecule has 0 heterocycles. The van der Waals surface area contributed by atoms with E-state index in [4.69, 9.17) is 15.2 Å². The smallest absolute Gasteiger partial charge is 0.184 e. The van der Waals surface area contributed by atoms with E-state index in [1.165, 1.54) is 7.11 Å². The van der Waals surface area contributed by atoms with Gasteiger partial charge in [0.2, 0.25) is 0 Å². The van der Waals surface area contributed by atoms with E-state index >= 15 is 0 Å². The second-order valence-corrected chi connectivity index (χ2v) is 6.38. The maximum Gasteiger partial charge on any atom is 0.184 e. The van der Waals surface area contributed by atoms with E-state index in [2.05, 4.69) is 0 Å². The summed E-state index contributed by atoms with van der Waals surface area (Å²) in [6.07, 6.45) is 0. The molecular weight excluding hydrogens is 266 g/mol. The molecule has 5 nitrogen and oxygen atoms in total. The van der Waals surface area contributed by atoms with Gasteiger partial charge in [-0.25, -0.2) is 8.42 Å². The van der Waals surface area contributed by atoms with E-state index in [9.17, 15) is 8.42 Å². The standard InChI is InChI=1S/C13H21NO4S/c1-10-8-12(17-3)13(9-11(10)2)19(15,16)7-6-18-5-4-14/h8-9H,4-7,14H2,1-3H3. The highest BCUT2D eigenvalue weighted by Crippen LogP contribution is 2.28. The Morgan fingerprint density at radius 3 is 2.37 bits per heavy atom. The van der Waals surface area contributed by atoms with Crippen LogP contribution in [0.1, 0.15) is 11.1 Å². The lowest BCUT2D eigenvalue weighted by Gasteiger charge is -2.12. The van der Waals surface area contributed by atoms with Crippen molar-refractivity contribution in [1.29, 1.82) is 0 Å². The summed E-state index contributed by atoms with van der Waals surface area (Å²) in [5.74, 6) is 0.299. The van der Waals surface area contributed by atoms with Gasteiger partial charge in [-0.15, -0.1) is 0 Å². The highest BCUT2D eigenvalue weighted by Gasteiger charge is 2.20. The van der Waals surface area contributed by atoms with Crippen LogP contribution in [0.3, 0.4) is 0 Å². The van der Waals surface area contributed by atoms with Crippen LogP contribution in [0.5, 0.6) is 5.75 Å². The van der Waals surface area contributed by atoms with Crippen molar-refractivity contribution < 1.29 is 17.9 Å². The van der Waals surface area contributed by atoms with Crippen molar-refractivity contribution >= 4 is 9.84 Å².